The minimum atomic E-state index is -0.786. The van der Waals surface area contributed by atoms with Crippen molar-refractivity contribution in [2.45, 2.75) is 6.42 Å². The van der Waals surface area contributed by atoms with Crippen molar-refractivity contribution < 1.29 is 33.4 Å². The number of nitrogens with one attached hydrogen (secondary N) is 1. The van der Waals surface area contributed by atoms with Gasteiger partial charge in [-0.05, 0) is 30.3 Å². The van der Waals surface area contributed by atoms with E-state index in [1.807, 2.05) is 0 Å². The summed E-state index contributed by atoms with van der Waals surface area (Å²) in [6.45, 7) is -0.480. The maximum absolute atomic E-state index is 12.5. The van der Waals surface area contributed by atoms with E-state index < -0.39 is 30.3 Å². The molecule has 10 heteroatoms. The number of halogens is 1. The normalized spacial score (nSPS) is 15.3. The summed E-state index contributed by atoms with van der Waals surface area (Å²) in [4.78, 5) is 49.3. The average molecular weight is 505 g/mol. The fourth-order valence-corrected chi connectivity index (χ4v) is 3.38. The molecule has 0 radical (unpaired) electrons. The molecule has 168 valence electrons. The lowest BCUT2D eigenvalue weighted by Gasteiger charge is -2.18. The Kier molecular flexibility index (Phi) is 7.47. The van der Waals surface area contributed by atoms with Crippen LogP contribution in [0.3, 0.4) is 0 Å². The lowest BCUT2D eigenvalue weighted by atomic mass is 10.1. The molecule has 0 bridgehead atoms. The maximum atomic E-state index is 12.5. The number of hydrogen-bond acceptors (Lipinski definition) is 7. The molecule has 2 aromatic rings. The van der Waals surface area contributed by atoms with Crippen LogP contribution in [0, 0.1) is 5.92 Å². The van der Waals surface area contributed by atoms with Crippen LogP contribution in [0.15, 0.2) is 46.9 Å². The number of Topliss-reactive ketones (excluding diaryl/α,β-unsaturated/α-hetero) is 1. The van der Waals surface area contributed by atoms with Gasteiger partial charge in [-0.2, -0.15) is 0 Å². The van der Waals surface area contributed by atoms with Gasteiger partial charge in [0.1, 0.15) is 0 Å². The molecule has 2 aromatic carbocycles. The zero-order chi connectivity index (χ0) is 23.3. The quantitative estimate of drug-likeness (QED) is 0.433. The second-order valence-electron chi connectivity index (χ2n) is 6.95. The van der Waals surface area contributed by atoms with Crippen molar-refractivity contribution in [2.24, 2.45) is 5.92 Å². The van der Waals surface area contributed by atoms with Gasteiger partial charge in [-0.3, -0.25) is 29.6 Å². The summed E-state index contributed by atoms with van der Waals surface area (Å²) in [5, 5.41) is 1.07. The number of hydrazine groups is 1. The number of esters is 1. The average Bonchev–Trinajstić information content (AvgIpc) is 3.17. The van der Waals surface area contributed by atoms with Crippen LogP contribution in [0.1, 0.15) is 27.1 Å². The van der Waals surface area contributed by atoms with Crippen molar-refractivity contribution in [3.8, 4) is 11.5 Å². The Morgan fingerprint density at radius 2 is 1.69 bits per heavy atom. The highest BCUT2D eigenvalue weighted by molar-refractivity contribution is 9.10. The summed E-state index contributed by atoms with van der Waals surface area (Å²) < 4.78 is 16.2. The van der Waals surface area contributed by atoms with Crippen molar-refractivity contribution in [1.82, 2.24) is 10.4 Å². The Morgan fingerprint density at radius 1 is 1.03 bits per heavy atom. The molecule has 1 fully saturated rings. The standard InChI is InChI=1S/C22H21BrN2O7/c1-30-18-8-5-14(9-19(18)31-2)21(28)24-25-11-15(10-20(25)27)22(29)32-12-17(26)13-3-6-16(23)7-4-13/h3-9,15H,10-12H2,1-2H3,(H,24,28)/t15-/m0/s1. The third-order valence-electron chi connectivity index (χ3n) is 4.85. The second-order valence-corrected chi connectivity index (χ2v) is 7.87. The highest BCUT2D eigenvalue weighted by Crippen LogP contribution is 2.27. The fourth-order valence-electron chi connectivity index (χ4n) is 3.11. The summed E-state index contributed by atoms with van der Waals surface area (Å²) in [6, 6.07) is 11.2. The molecule has 0 unspecified atom stereocenters. The van der Waals surface area contributed by atoms with Crippen molar-refractivity contribution in [2.75, 3.05) is 27.4 Å². The third-order valence-corrected chi connectivity index (χ3v) is 5.38. The zero-order valence-electron chi connectivity index (χ0n) is 17.4. The van der Waals surface area contributed by atoms with E-state index in [0.29, 0.717) is 17.1 Å². The van der Waals surface area contributed by atoms with Gasteiger partial charge < -0.3 is 14.2 Å². The molecule has 0 saturated carbocycles. The predicted molar refractivity (Wildman–Crippen MR) is 116 cm³/mol. The number of carbonyl (C=O) groups is 4. The fraction of sp³-hybridized carbons (Fsp3) is 0.273. The first kappa shape index (κ1) is 23.3. The van der Waals surface area contributed by atoms with E-state index in [4.69, 9.17) is 14.2 Å². The number of methoxy groups -OCH3 is 2. The third kappa shape index (κ3) is 5.44. The molecule has 32 heavy (non-hydrogen) atoms. The van der Waals surface area contributed by atoms with E-state index in [0.717, 1.165) is 9.48 Å². The van der Waals surface area contributed by atoms with Crippen molar-refractivity contribution in [3.63, 3.8) is 0 Å². The van der Waals surface area contributed by atoms with Gasteiger partial charge in [-0.1, -0.05) is 28.1 Å². The molecule has 2 amide bonds. The first-order valence-electron chi connectivity index (χ1n) is 9.61. The topological polar surface area (TPSA) is 111 Å². The Bertz CT molecular complexity index is 1040. The van der Waals surface area contributed by atoms with Gasteiger partial charge in [0.25, 0.3) is 5.91 Å². The number of benzene rings is 2. The number of nitrogens with zero attached hydrogens (tertiary/aromatic N) is 1. The van der Waals surface area contributed by atoms with Crippen molar-refractivity contribution in [1.29, 1.82) is 0 Å². The SMILES string of the molecule is COc1ccc(C(=O)NN2C[C@@H](C(=O)OCC(=O)c3ccc(Br)cc3)CC2=O)cc1OC. The minimum absolute atomic E-state index is 0.0524. The van der Waals surface area contributed by atoms with E-state index in [9.17, 15) is 19.2 Å². The Labute approximate surface area is 192 Å². The Hall–Kier alpha value is -3.40. The van der Waals surface area contributed by atoms with Crippen LogP contribution in [0.2, 0.25) is 0 Å². The highest BCUT2D eigenvalue weighted by Gasteiger charge is 2.36. The van der Waals surface area contributed by atoms with Crippen LogP contribution in [0.25, 0.3) is 0 Å². The van der Waals surface area contributed by atoms with Gasteiger partial charge in [0.05, 0.1) is 26.7 Å². The summed E-state index contributed by atoms with van der Waals surface area (Å²) in [6.07, 6.45) is -0.127. The van der Waals surface area contributed by atoms with Crippen LogP contribution in [0.5, 0.6) is 11.5 Å². The number of rotatable bonds is 8. The second kappa shape index (κ2) is 10.3. The van der Waals surface area contributed by atoms with Gasteiger partial charge in [0.15, 0.2) is 23.9 Å². The Morgan fingerprint density at radius 3 is 2.34 bits per heavy atom. The van der Waals surface area contributed by atoms with Gasteiger partial charge in [-0.25, -0.2) is 0 Å². The van der Waals surface area contributed by atoms with Crippen LogP contribution >= 0.6 is 15.9 Å². The van der Waals surface area contributed by atoms with E-state index in [-0.39, 0.29) is 24.3 Å². The molecule has 1 saturated heterocycles. The van der Waals surface area contributed by atoms with E-state index in [1.54, 1.807) is 30.3 Å². The van der Waals surface area contributed by atoms with Crippen LogP contribution in [-0.4, -0.2) is 55.9 Å². The number of ketones is 1. The molecule has 3 rings (SSSR count). The molecule has 1 aliphatic rings. The first-order valence-corrected chi connectivity index (χ1v) is 10.4. The molecule has 0 aliphatic carbocycles. The predicted octanol–water partition coefficient (Wildman–Crippen LogP) is 2.39. The Balaban J connectivity index is 1.55. The molecule has 1 atom stereocenters. The molecule has 0 spiro atoms. The van der Waals surface area contributed by atoms with Gasteiger partial charge in [0, 0.05) is 22.0 Å². The molecule has 1 heterocycles. The molecule has 0 aromatic heterocycles. The van der Waals surface area contributed by atoms with Crippen molar-refractivity contribution >= 4 is 39.5 Å². The van der Waals surface area contributed by atoms with Crippen molar-refractivity contribution in [3.05, 3.63) is 58.1 Å². The summed E-state index contributed by atoms with van der Waals surface area (Å²) in [5.74, 6) is -1.96. The molecule has 1 aliphatic heterocycles. The smallest absolute Gasteiger partial charge is 0.311 e. The van der Waals surface area contributed by atoms with Gasteiger partial charge >= 0.3 is 5.97 Å². The lowest BCUT2D eigenvalue weighted by Crippen LogP contribution is -2.43. The number of amides is 2. The van der Waals surface area contributed by atoms with Crippen LogP contribution in [0.4, 0.5) is 0 Å². The molecular formula is C22H21BrN2O7. The van der Waals surface area contributed by atoms with Gasteiger partial charge in [-0.15, -0.1) is 0 Å². The van der Waals surface area contributed by atoms with Gasteiger partial charge in [0.2, 0.25) is 5.91 Å². The number of hydrogen-bond donors (Lipinski definition) is 1. The highest BCUT2D eigenvalue weighted by atomic mass is 79.9. The maximum Gasteiger partial charge on any atom is 0.311 e. The monoisotopic (exact) mass is 504 g/mol. The van der Waals surface area contributed by atoms with E-state index in [1.165, 1.54) is 26.4 Å². The summed E-state index contributed by atoms with van der Waals surface area (Å²) in [7, 11) is 2.92. The first-order chi connectivity index (χ1) is 15.3. The van der Waals surface area contributed by atoms with E-state index >= 15 is 0 Å². The molecular weight excluding hydrogens is 484 g/mol. The summed E-state index contributed by atoms with van der Waals surface area (Å²) in [5.41, 5.74) is 3.14. The largest absolute Gasteiger partial charge is 0.493 e. The number of carbonyl (C=O) groups excluding carboxylic acids is 4. The minimum Gasteiger partial charge on any atom is -0.493 e. The summed E-state index contributed by atoms with van der Waals surface area (Å²) >= 11 is 3.28. The zero-order valence-corrected chi connectivity index (χ0v) is 19.0. The van der Waals surface area contributed by atoms with Crippen LogP contribution < -0.4 is 14.9 Å². The van der Waals surface area contributed by atoms with E-state index in [2.05, 4.69) is 21.4 Å². The number of ether oxygens (including phenoxy) is 3. The van der Waals surface area contributed by atoms with Crippen LogP contribution in [-0.2, 0) is 14.3 Å². The molecule has 9 nitrogen and oxygen atoms in total. The molecule has 1 N–H and O–H groups in total. The lowest BCUT2D eigenvalue weighted by molar-refractivity contribution is -0.147.